The van der Waals surface area contributed by atoms with Crippen LogP contribution in [0.3, 0.4) is 0 Å². The van der Waals surface area contributed by atoms with E-state index < -0.39 is 0 Å². The van der Waals surface area contributed by atoms with Crippen molar-refractivity contribution in [2.75, 3.05) is 26.7 Å². The van der Waals surface area contributed by atoms with Gasteiger partial charge in [0.1, 0.15) is 0 Å². The highest BCUT2D eigenvalue weighted by Gasteiger charge is 2.25. The molecule has 1 aromatic rings. The molecular formula is C15H24N4. The highest BCUT2D eigenvalue weighted by Crippen LogP contribution is 2.23. The maximum Gasteiger partial charge on any atom is 0.193 e. The summed E-state index contributed by atoms with van der Waals surface area (Å²) in [4.78, 5) is 11.3. The van der Waals surface area contributed by atoms with Gasteiger partial charge in [-0.05, 0) is 25.0 Å². The van der Waals surface area contributed by atoms with Crippen LogP contribution in [0.5, 0.6) is 0 Å². The Morgan fingerprint density at radius 3 is 2.89 bits per heavy atom. The Bertz CT molecular complexity index is 465. The van der Waals surface area contributed by atoms with Crippen LogP contribution in [0.4, 0.5) is 0 Å². The van der Waals surface area contributed by atoms with Gasteiger partial charge in [0.05, 0.1) is 5.69 Å². The van der Waals surface area contributed by atoms with Gasteiger partial charge in [-0.25, -0.2) is 0 Å². The summed E-state index contributed by atoms with van der Waals surface area (Å²) in [6, 6.07) is 4.11. The Morgan fingerprint density at radius 1 is 1.42 bits per heavy atom. The largest absolute Gasteiger partial charge is 0.355 e. The van der Waals surface area contributed by atoms with E-state index in [0.717, 1.165) is 37.7 Å². The summed E-state index contributed by atoms with van der Waals surface area (Å²) < 4.78 is 0. The molecule has 2 rings (SSSR count). The van der Waals surface area contributed by atoms with E-state index in [0.29, 0.717) is 0 Å². The summed E-state index contributed by atoms with van der Waals surface area (Å²) in [6.45, 7) is 9.41. The van der Waals surface area contributed by atoms with Crippen LogP contribution in [0.15, 0.2) is 23.3 Å². The Morgan fingerprint density at radius 2 is 2.21 bits per heavy atom. The van der Waals surface area contributed by atoms with Gasteiger partial charge in [0.15, 0.2) is 5.96 Å². The van der Waals surface area contributed by atoms with E-state index in [1.165, 1.54) is 5.56 Å². The molecule has 104 valence electrons. The first-order valence-corrected chi connectivity index (χ1v) is 6.92. The second kappa shape index (κ2) is 5.59. The number of aryl methyl sites for hydroxylation is 1. The second-order valence-corrected chi connectivity index (χ2v) is 5.89. The second-order valence-electron chi connectivity index (χ2n) is 5.89. The van der Waals surface area contributed by atoms with Crippen molar-refractivity contribution in [3.05, 3.63) is 29.6 Å². The van der Waals surface area contributed by atoms with Crippen molar-refractivity contribution in [2.24, 2.45) is 4.99 Å². The molecule has 1 aliphatic rings. The number of aliphatic imine (C=N–C) groups is 1. The van der Waals surface area contributed by atoms with Gasteiger partial charge < -0.3 is 10.2 Å². The molecule has 0 spiro atoms. The number of hydrogen-bond acceptors (Lipinski definition) is 4. The third kappa shape index (κ3) is 3.25. The van der Waals surface area contributed by atoms with Crippen LogP contribution in [0, 0.1) is 6.92 Å². The minimum absolute atomic E-state index is 0.00779. The highest BCUT2D eigenvalue weighted by atomic mass is 15.3. The van der Waals surface area contributed by atoms with E-state index >= 15 is 0 Å². The molecule has 2 heterocycles. The molecule has 1 N–H and O–H groups in total. The molecule has 0 unspecified atom stereocenters. The van der Waals surface area contributed by atoms with Crippen molar-refractivity contribution < 1.29 is 0 Å². The quantitative estimate of drug-likeness (QED) is 0.903. The number of pyridine rings is 1. The van der Waals surface area contributed by atoms with Crippen LogP contribution in [-0.2, 0) is 5.41 Å². The molecule has 0 fully saturated rings. The molecule has 0 atom stereocenters. The lowest BCUT2D eigenvalue weighted by molar-refractivity contribution is 0.424. The van der Waals surface area contributed by atoms with Crippen LogP contribution in [0.2, 0.25) is 0 Å². The van der Waals surface area contributed by atoms with Gasteiger partial charge in [0.2, 0.25) is 0 Å². The molecule has 4 heteroatoms. The van der Waals surface area contributed by atoms with Gasteiger partial charge in [-0.15, -0.1) is 0 Å². The highest BCUT2D eigenvalue weighted by molar-refractivity contribution is 5.80. The number of nitrogens with one attached hydrogen (secondary N) is 1. The Kier molecular flexibility index (Phi) is 4.08. The zero-order valence-corrected chi connectivity index (χ0v) is 12.4. The van der Waals surface area contributed by atoms with E-state index in [1.807, 2.05) is 12.3 Å². The summed E-state index contributed by atoms with van der Waals surface area (Å²) in [5.74, 6) is 1.01. The number of guanidine groups is 1. The molecule has 0 aliphatic carbocycles. The first-order chi connectivity index (χ1) is 9.00. The monoisotopic (exact) mass is 260 g/mol. The van der Waals surface area contributed by atoms with Gasteiger partial charge in [0.25, 0.3) is 0 Å². The number of hydrogen-bond donors (Lipinski definition) is 1. The number of aromatic nitrogens is 1. The topological polar surface area (TPSA) is 40.5 Å². The first-order valence-electron chi connectivity index (χ1n) is 6.92. The van der Waals surface area contributed by atoms with Crippen LogP contribution in [-0.4, -0.2) is 42.5 Å². The van der Waals surface area contributed by atoms with Crippen molar-refractivity contribution >= 4 is 5.96 Å². The van der Waals surface area contributed by atoms with Gasteiger partial charge in [-0.1, -0.05) is 19.9 Å². The lowest BCUT2D eigenvalue weighted by Gasteiger charge is -2.31. The smallest absolute Gasteiger partial charge is 0.193 e. The molecule has 0 aromatic carbocycles. The zero-order chi connectivity index (χ0) is 13.9. The predicted molar refractivity (Wildman–Crippen MR) is 79.6 cm³/mol. The lowest BCUT2D eigenvalue weighted by Crippen LogP contribution is -2.46. The average molecular weight is 260 g/mol. The summed E-state index contributed by atoms with van der Waals surface area (Å²) in [5.41, 5.74) is 2.39. The summed E-state index contributed by atoms with van der Waals surface area (Å²) in [5, 5.41) is 3.47. The van der Waals surface area contributed by atoms with Gasteiger partial charge in [-0.3, -0.25) is 9.98 Å². The fraction of sp³-hybridized carbons (Fsp3) is 0.600. The molecule has 0 saturated heterocycles. The van der Waals surface area contributed by atoms with Crippen LogP contribution in [0.1, 0.15) is 31.5 Å². The number of nitrogens with zero attached hydrogens (tertiary/aromatic N) is 3. The Balaban J connectivity index is 2.06. The van der Waals surface area contributed by atoms with Crippen LogP contribution < -0.4 is 5.32 Å². The van der Waals surface area contributed by atoms with E-state index in [2.05, 4.69) is 54.1 Å². The molecule has 0 amide bonds. The third-order valence-electron chi connectivity index (χ3n) is 3.61. The molecule has 0 bridgehead atoms. The fourth-order valence-electron chi connectivity index (χ4n) is 2.49. The maximum absolute atomic E-state index is 4.54. The number of rotatable bonds is 3. The van der Waals surface area contributed by atoms with E-state index in [4.69, 9.17) is 0 Å². The SMILES string of the molecule is Cc1cccnc1C(C)(C)CNC1=NCCCN1C. The van der Waals surface area contributed by atoms with Crippen molar-refractivity contribution in [3.63, 3.8) is 0 Å². The lowest BCUT2D eigenvalue weighted by atomic mass is 9.86. The molecule has 4 nitrogen and oxygen atoms in total. The van der Waals surface area contributed by atoms with Crippen LogP contribution >= 0.6 is 0 Å². The van der Waals surface area contributed by atoms with Crippen molar-refractivity contribution in [1.82, 2.24) is 15.2 Å². The molecule has 19 heavy (non-hydrogen) atoms. The maximum atomic E-state index is 4.54. The Labute approximate surface area is 115 Å². The van der Waals surface area contributed by atoms with Gasteiger partial charge >= 0.3 is 0 Å². The van der Waals surface area contributed by atoms with Crippen molar-refractivity contribution in [3.8, 4) is 0 Å². The summed E-state index contributed by atoms with van der Waals surface area (Å²) >= 11 is 0. The first kappa shape index (κ1) is 13.8. The minimum Gasteiger partial charge on any atom is -0.355 e. The van der Waals surface area contributed by atoms with Crippen molar-refractivity contribution in [2.45, 2.75) is 32.6 Å². The molecule has 0 radical (unpaired) electrons. The van der Waals surface area contributed by atoms with E-state index in [9.17, 15) is 0 Å². The standard InChI is InChI=1S/C15H24N4/c1-12-7-5-8-16-13(12)15(2,3)11-18-14-17-9-6-10-19(14)4/h5,7-8H,6,9-11H2,1-4H3,(H,17,18). The predicted octanol–water partition coefficient (Wildman–Crippen LogP) is 1.95. The van der Waals surface area contributed by atoms with Crippen LogP contribution in [0.25, 0.3) is 0 Å². The Hall–Kier alpha value is -1.58. The van der Waals surface area contributed by atoms with Crippen molar-refractivity contribution in [1.29, 1.82) is 0 Å². The third-order valence-corrected chi connectivity index (χ3v) is 3.61. The summed E-state index contributed by atoms with van der Waals surface area (Å²) in [7, 11) is 2.09. The van der Waals surface area contributed by atoms with Gasteiger partial charge in [-0.2, -0.15) is 0 Å². The molecule has 1 aliphatic heterocycles. The normalized spacial score (nSPS) is 16.2. The fourth-order valence-corrected chi connectivity index (χ4v) is 2.49. The molecule has 1 aromatic heterocycles. The van der Waals surface area contributed by atoms with Gasteiger partial charge in [0, 0.05) is 38.3 Å². The molecular weight excluding hydrogens is 236 g/mol. The average Bonchev–Trinajstić information content (AvgIpc) is 2.38. The zero-order valence-electron chi connectivity index (χ0n) is 12.4. The van der Waals surface area contributed by atoms with E-state index in [1.54, 1.807) is 0 Å². The summed E-state index contributed by atoms with van der Waals surface area (Å²) in [6.07, 6.45) is 3.01. The van der Waals surface area contributed by atoms with E-state index in [-0.39, 0.29) is 5.41 Å². The minimum atomic E-state index is -0.00779. The molecule has 0 saturated carbocycles.